The van der Waals surface area contributed by atoms with Crippen molar-refractivity contribution < 1.29 is 4.42 Å². The number of nitrogens with one attached hydrogen (secondary N) is 1. The SMILES string of the molecule is Cc1oc(CNC(C)C)cc1CN1CCc2ccccc21. The Morgan fingerprint density at radius 1 is 1.29 bits per heavy atom. The molecule has 0 aliphatic carbocycles. The van der Waals surface area contributed by atoms with E-state index in [4.69, 9.17) is 4.42 Å². The lowest BCUT2D eigenvalue weighted by Crippen LogP contribution is -2.21. The lowest BCUT2D eigenvalue weighted by atomic mass is 10.2. The zero-order valence-corrected chi connectivity index (χ0v) is 13.1. The molecule has 0 atom stereocenters. The highest BCUT2D eigenvalue weighted by molar-refractivity contribution is 5.58. The van der Waals surface area contributed by atoms with Gasteiger partial charge in [-0.15, -0.1) is 0 Å². The summed E-state index contributed by atoms with van der Waals surface area (Å²) in [6.45, 7) is 9.21. The smallest absolute Gasteiger partial charge is 0.118 e. The van der Waals surface area contributed by atoms with E-state index in [0.29, 0.717) is 6.04 Å². The number of furan rings is 1. The number of rotatable bonds is 5. The Balaban J connectivity index is 1.71. The molecule has 3 heteroatoms. The van der Waals surface area contributed by atoms with Crippen LogP contribution in [0.5, 0.6) is 0 Å². The molecule has 21 heavy (non-hydrogen) atoms. The molecule has 112 valence electrons. The van der Waals surface area contributed by atoms with E-state index in [2.05, 4.69) is 61.3 Å². The number of hydrogen-bond donors (Lipinski definition) is 1. The van der Waals surface area contributed by atoms with Crippen LogP contribution in [-0.4, -0.2) is 12.6 Å². The van der Waals surface area contributed by atoms with Gasteiger partial charge in [0.1, 0.15) is 11.5 Å². The molecule has 0 saturated heterocycles. The minimum atomic E-state index is 0.476. The normalized spacial score (nSPS) is 14.0. The molecule has 1 aliphatic heterocycles. The molecule has 0 spiro atoms. The first-order chi connectivity index (χ1) is 10.1. The highest BCUT2D eigenvalue weighted by Gasteiger charge is 2.20. The van der Waals surface area contributed by atoms with Crippen molar-refractivity contribution in [1.82, 2.24) is 5.32 Å². The van der Waals surface area contributed by atoms with E-state index in [9.17, 15) is 0 Å². The van der Waals surface area contributed by atoms with Crippen molar-refractivity contribution in [2.24, 2.45) is 0 Å². The number of nitrogens with zero attached hydrogens (tertiary/aromatic N) is 1. The van der Waals surface area contributed by atoms with Crippen LogP contribution in [0.2, 0.25) is 0 Å². The molecule has 1 aliphatic rings. The molecule has 0 amide bonds. The van der Waals surface area contributed by atoms with Gasteiger partial charge < -0.3 is 14.6 Å². The third-order valence-electron chi connectivity index (χ3n) is 4.10. The Bertz CT molecular complexity index is 615. The van der Waals surface area contributed by atoms with Crippen molar-refractivity contribution in [3.05, 3.63) is 53.0 Å². The molecule has 0 saturated carbocycles. The Hall–Kier alpha value is -1.74. The monoisotopic (exact) mass is 284 g/mol. The Morgan fingerprint density at radius 2 is 2.10 bits per heavy atom. The van der Waals surface area contributed by atoms with Crippen molar-refractivity contribution >= 4 is 5.69 Å². The Morgan fingerprint density at radius 3 is 2.90 bits per heavy atom. The molecule has 3 nitrogen and oxygen atoms in total. The number of benzene rings is 1. The van der Waals surface area contributed by atoms with Crippen LogP contribution in [0.1, 0.15) is 36.5 Å². The molecule has 0 bridgehead atoms. The molecule has 0 fully saturated rings. The van der Waals surface area contributed by atoms with Gasteiger partial charge in [-0.25, -0.2) is 0 Å². The quantitative estimate of drug-likeness (QED) is 0.908. The Kier molecular flexibility index (Phi) is 4.02. The lowest BCUT2D eigenvalue weighted by molar-refractivity contribution is 0.446. The second kappa shape index (κ2) is 5.94. The van der Waals surface area contributed by atoms with Crippen molar-refractivity contribution in [2.45, 2.75) is 46.3 Å². The number of para-hydroxylation sites is 1. The van der Waals surface area contributed by atoms with E-state index in [-0.39, 0.29) is 0 Å². The van der Waals surface area contributed by atoms with Gasteiger partial charge in [-0.1, -0.05) is 32.0 Å². The van der Waals surface area contributed by atoms with Crippen molar-refractivity contribution in [3.63, 3.8) is 0 Å². The van der Waals surface area contributed by atoms with Crippen LogP contribution in [0.25, 0.3) is 0 Å². The van der Waals surface area contributed by atoms with Crippen LogP contribution in [0.3, 0.4) is 0 Å². The maximum Gasteiger partial charge on any atom is 0.118 e. The molecule has 1 aromatic carbocycles. The van der Waals surface area contributed by atoms with Gasteiger partial charge in [-0.3, -0.25) is 0 Å². The first-order valence-electron chi connectivity index (χ1n) is 7.78. The number of hydrogen-bond acceptors (Lipinski definition) is 3. The minimum absolute atomic E-state index is 0.476. The molecular weight excluding hydrogens is 260 g/mol. The van der Waals surface area contributed by atoms with Gasteiger partial charge in [0, 0.05) is 30.4 Å². The average Bonchev–Trinajstić information content (AvgIpc) is 3.02. The minimum Gasteiger partial charge on any atom is -0.465 e. The summed E-state index contributed by atoms with van der Waals surface area (Å²) in [5.74, 6) is 2.07. The maximum absolute atomic E-state index is 5.87. The van der Waals surface area contributed by atoms with Gasteiger partial charge in [0.2, 0.25) is 0 Å². The topological polar surface area (TPSA) is 28.4 Å². The zero-order chi connectivity index (χ0) is 14.8. The first kappa shape index (κ1) is 14.2. The van der Waals surface area contributed by atoms with Gasteiger partial charge in [-0.05, 0) is 31.0 Å². The van der Waals surface area contributed by atoms with Gasteiger partial charge in [0.15, 0.2) is 0 Å². The largest absolute Gasteiger partial charge is 0.465 e. The molecule has 0 unspecified atom stereocenters. The summed E-state index contributed by atoms with van der Waals surface area (Å²) in [6, 6.07) is 11.4. The van der Waals surface area contributed by atoms with Crippen LogP contribution in [0, 0.1) is 6.92 Å². The third kappa shape index (κ3) is 3.13. The van der Waals surface area contributed by atoms with Crippen LogP contribution >= 0.6 is 0 Å². The van der Waals surface area contributed by atoms with Crippen LogP contribution in [0.4, 0.5) is 5.69 Å². The van der Waals surface area contributed by atoms with Gasteiger partial charge in [0.05, 0.1) is 6.54 Å². The summed E-state index contributed by atoms with van der Waals surface area (Å²) >= 11 is 0. The van der Waals surface area contributed by atoms with Crippen molar-refractivity contribution in [1.29, 1.82) is 0 Å². The summed E-state index contributed by atoms with van der Waals surface area (Å²) in [7, 11) is 0. The fourth-order valence-electron chi connectivity index (χ4n) is 2.91. The fraction of sp³-hybridized carbons (Fsp3) is 0.444. The lowest BCUT2D eigenvalue weighted by Gasteiger charge is -2.18. The highest BCUT2D eigenvalue weighted by Crippen LogP contribution is 2.30. The van der Waals surface area contributed by atoms with Crippen LogP contribution in [0.15, 0.2) is 34.7 Å². The van der Waals surface area contributed by atoms with Crippen LogP contribution < -0.4 is 10.2 Å². The molecule has 1 aromatic heterocycles. The number of fused-ring (bicyclic) bond motifs is 1. The maximum atomic E-state index is 5.87. The second-order valence-corrected chi connectivity index (χ2v) is 6.13. The van der Waals surface area contributed by atoms with E-state index in [0.717, 1.165) is 37.6 Å². The van der Waals surface area contributed by atoms with Gasteiger partial charge in [0.25, 0.3) is 0 Å². The van der Waals surface area contributed by atoms with E-state index >= 15 is 0 Å². The second-order valence-electron chi connectivity index (χ2n) is 6.13. The van der Waals surface area contributed by atoms with E-state index in [1.807, 2.05) is 0 Å². The first-order valence-corrected chi connectivity index (χ1v) is 7.78. The number of aryl methyl sites for hydroxylation is 1. The van der Waals surface area contributed by atoms with E-state index in [1.54, 1.807) is 0 Å². The predicted molar refractivity (Wildman–Crippen MR) is 86.6 cm³/mol. The summed E-state index contributed by atoms with van der Waals surface area (Å²) in [4.78, 5) is 2.45. The summed E-state index contributed by atoms with van der Waals surface area (Å²) in [5, 5.41) is 3.40. The molecule has 0 radical (unpaired) electrons. The van der Waals surface area contributed by atoms with Gasteiger partial charge in [-0.2, -0.15) is 0 Å². The zero-order valence-electron chi connectivity index (χ0n) is 13.1. The number of anilines is 1. The summed E-state index contributed by atoms with van der Waals surface area (Å²) in [6.07, 6.45) is 1.15. The van der Waals surface area contributed by atoms with Crippen molar-refractivity contribution in [3.8, 4) is 0 Å². The summed E-state index contributed by atoms with van der Waals surface area (Å²) < 4.78 is 5.87. The third-order valence-corrected chi connectivity index (χ3v) is 4.10. The summed E-state index contributed by atoms with van der Waals surface area (Å²) in [5.41, 5.74) is 4.13. The molecular formula is C18H24N2O. The predicted octanol–water partition coefficient (Wildman–Crippen LogP) is 3.65. The standard InChI is InChI=1S/C18H24N2O/c1-13(2)19-11-17-10-16(14(3)21-17)12-20-9-8-15-6-4-5-7-18(15)20/h4-7,10,13,19H,8-9,11-12H2,1-3H3. The van der Waals surface area contributed by atoms with E-state index in [1.165, 1.54) is 16.8 Å². The van der Waals surface area contributed by atoms with Crippen molar-refractivity contribution in [2.75, 3.05) is 11.4 Å². The molecule has 3 rings (SSSR count). The Labute approximate surface area is 127 Å². The fourth-order valence-corrected chi connectivity index (χ4v) is 2.91. The van der Waals surface area contributed by atoms with Crippen LogP contribution in [-0.2, 0) is 19.5 Å². The average molecular weight is 284 g/mol. The van der Waals surface area contributed by atoms with E-state index < -0.39 is 0 Å². The molecule has 2 heterocycles. The highest BCUT2D eigenvalue weighted by atomic mass is 16.3. The van der Waals surface area contributed by atoms with Gasteiger partial charge >= 0.3 is 0 Å². The molecule has 2 aromatic rings. The molecule has 1 N–H and O–H groups in total.